The molecule has 23 heavy (non-hydrogen) atoms. The van der Waals surface area contributed by atoms with E-state index in [9.17, 15) is 4.79 Å². The molecule has 124 valence electrons. The second-order valence-corrected chi connectivity index (χ2v) is 5.73. The van der Waals surface area contributed by atoms with Crippen LogP contribution in [0.1, 0.15) is 48.9 Å². The molecule has 0 radical (unpaired) electrons. The number of aromatic nitrogens is 3. The molecular formula is C15H19ClN4O3. The maximum atomic E-state index is 12.4. The van der Waals surface area contributed by atoms with Gasteiger partial charge in [0.1, 0.15) is 11.1 Å². The highest BCUT2D eigenvalue weighted by atomic mass is 35.5. The van der Waals surface area contributed by atoms with Crippen LogP contribution in [0.5, 0.6) is 5.88 Å². The average Bonchev–Trinajstić information content (AvgIpc) is 2.92. The molecule has 1 N–H and O–H groups in total. The summed E-state index contributed by atoms with van der Waals surface area (Å²) in [6.07, 6.45) is 1.42. The Morgan fingerprint density at radius 3 is 2.74 bits per heavy atom. The predicted octanol–water partition coefficient (Wildman–Crippen LogP) is 2.95. The summed E-state index contributed by atoms with van der Waals surface area (Å²) in [6.45, 7) is 7.91. The summed E-state index contributed by atoms with van der Waals surface area (Å²) in [5.41, 5.74) is 0.334. The van der Waals surface area contributed by atoms with Crippen LogP contribution in [0.4, 0.5) is 0 Å². The second-order valence-electron chi connectivity index (χ2n) is 5.32. The Morgan fingerprint density at radius 2 is 2.22 bits per heavy atom. The Balaban J connectivity index is 2.17. The first-order chi connectivity index (χ1) is 10.9. The number of nitrogens with one attached hydrogen (secondary N) is 1. The zero-order chi connectivity index (χ0) is 17.0. The normalized spacial score (nSPS) is 12.3. The smallest absolute Gasteiger partial charge is 0.253 e. The van der Waals surface area contributed by atoms with E-state index in [2.05, 4.69) is 20.4 Å². The Bertz CT molecular complexity index is 687. The predicted molar refractivity (Wildman–Crippen MR) is 84.5 cm³/mol. The van der Waals surface area contributed by atoms with Crippen LogP contribution in [0.3, 0.4) is 0 Å². The molecule has 0 saturated heterocycles. The van der Waals surface area contributed by atoms with Gasteiger partial charge >= 0.3 is 0 Å². The summed E-state index contributed by atoms with van der Waals surface area (Å²) in [6, 6.07) is 1.12. The second kappa shape index (κ2) is 7.41. The molecule has 0 aromatic carbocycles. The number of hydrogen-bond donors (Lipinski definition) is 1. The van der Waals surface area contributed by atoms with Crippen molar-refractivity contribution < 1.29 is 14.1 Å². The SMILES string of the molecule is CCOc1ncc(C(=O)NC(c2nc(C)no2)C(C)C)cc1Cl. The molecule has 2 aromatic heterocycles. The average molecular weight is 339 g/mol. The minimum atomic E-state index is -0.394. The quantitative estimate of drug-likeness (QED) is 0.870. The molecule has 2 rings (SSSR count). The Morgan fingerprint density at radius 1 is 1.48 bits per heavy atom. The molecule has 0 fully saturated rings. The molecule has 1 unspecified atom stereocenters. The molecule has 2 heterocycles. The molecule has 0 aliphatic heterocycles. The fourth-order valence-corrected chi connectivity index (χ4v) is 2.19. The van der Waals surface area contributed by atoms with Gasteiger partial charge < -0.3 is 14.6 Å². The molecule has 1 amide bonds. The zero-order valence-electron chi connectivity index (χ0n) is 13.5. The third kappa shape index (κ3) is 4.19. The molecule has 7 nitrogen and oxygen atoms in total. The maximum Gasteiger partial charge on any atom is 0.253 e. The monoisotopic (exact) mass is 338 g/mol. The third-order valence-corrected chi connectivity index (χ3v) is 3.38. The van der Waals surface area contributed by atoms with E-state index in [1.54, 1.807) is 6.92 Å². The fourth-order valence-electron chi connectivity index (χ4n) is 1.97. The number of amides is 1. The number of carbonyl (C=O) groups excluding carboxylic acids is 1. The topological polar surface area (TPSA) is 90.1 Å². The van der Waals surface area contributed by atoms with Gasteiger partial charge in [-0.2, -0.15) is 4.98 Å². The first-order valence-corrected chi connectivity index (χ1v) is 7.69. The summed E-state index contributed by atoms with van der Waals surface area (Å²) in [4.78, 5) is 20.7. The molecule has 0 aliphatic carbocycles. The number of halogens is 1. The first-order valence-electron chi connectivity index (χ1n) is 7.31. The number of nitrogens with zero attached hydrogens (tertiary/aromatic N) is 3. The summed E-state index contributed by atoms with van der Waals surface area (Å²) in [7, 11) is 0. The minimum absolute atomic E-state index is 0.0740. The van der Waals surface area contributed by atoms with Crippen molar-refractivity contribution in [2.45, 2.75) is 33.7 Å². The van der Waals surface area contributed by atoms with E-state index in [1.165, 1.54) is 12.3 Å². The molecule has 2 aromatic rings. The Hall–Kier alpha value is -2.15. The van der Waals surface area contributed by atoms with Crippen molar-refractivity contribution in [3.05, 3.63) is 34.6 Å². The number of aryl methyl sites for hydroxylation is 1. The largest absolute Gasteiger partial charge is 0.477 e. The van der Waals surface area contributed by atoms with E-state index in [1.807, 2.05) is 20.8 Å². The first kappa shape index (κ1) is 17.2. The molecule has 0 saturated carbocycles. The van der Waals surface area contributed by atoms with Crippen molar-refractivity contribution in [3.63, 3.8) is 0 Å². The standard InChI is InChI=1S/C15H19ClN4O3/c1-5-22-14-11(16)6-10(7-17-14)13(21)19-12(8(2)3)15-18-9(4)20-23-15/h6-8,12H,5H2,1-4H3,(H,19,21). The van der Waals surface area contributed by atoms with Crippen molar-refractivity contribution in [2.24, 2.45) is 5.92 Å². The van der Waals surface area contributed by atoms with Gasteiger partial charge in [0.25, 0.3) is 5.91 Å². The molecule has 1 atom stereocenters. The van der Waals surface area contributed by atoms with Gasteiger partial charge in [0.15, 0.2) is 5.82 Å². The summed E-state index contributed by atoms with van der Waals surface area (Å²) in [5.74, 6) is 0.946. The summed E-state index contributed by atoms with van der Waals surface area (Å²) < 4.78 is 10.4. The van der Waals surface area contributed by atoms with Gasteiger partial charge in [-0.05, 0) is 25.8 Å². The number of hydrogen-bond acceptors (Lipinski definition) is 6. The Labute approximate surface area is 139 Å². The fraction of sp³-hybridized carbons (Fsp3) is 0.467. The van der Waals surface area contributed by atoms with Crippen LogP contribution in [-0.2, 0) is 0 Å². The van der Waals surface area contributed by atoms with Crippen molar-refractivity contribution in [1.82, 2.24) is 20.4 Å². The van der Waals surface area contributed by atoms with Gasteiger partial charge in [-0.1, -0.05) is 30.6 Å². The van der Waals surface area contributed by atoms with Crippen molar-refractivity contribution in [2.75, 3.05) is 6.61 Å². The van der Waals surface area contributed by atoms with E-state index < -0.39 is 6.04 Å². The summed E-state index contributed by atoms with van der Waals surface area (Å²) in [5, 5.41) is 6.91. The third-order valence-electron chi connectivity index (χ3n) is 3.11. The van der Waals surface area contributed by atoms with Crippen LogP contribution in [0.15, 0.2) is 16.8 Å². The molecule has 0 bridgehead atoms. The number of carbonyl (C=O) groups is 1. The van der Waals surface area contributed by atoms with E-state index >= 15 is 0 Å². The highest BCUT2D eigenvalue weighted by molar-refractivity contribution is 6.32. The van der Waals surface area contributed by atoms with E-state index in [4.69, 9.17) is 20.9 Å². The van der Waals surface area contributed by atoms with Crippen LogP contribution in [0.2, 0.25) is 5.02 Å². The van der Waals surface area contributed by atoms with Crippen LogP contribution in [0, 0.1) is 12.8 Å². The summed E-state index contributed by atoms with van der Waals surface area (Å²) >= 11 is 6.06. The van der Waals surface area contributed by atoms with Gasteiger partial charge in [-0.3, -0.25) is 4.79 Å². The lowest BCUT2D eigenvalue weighted by Crippen LogP contribution is -2.32. The van der Waals surface area contributed by atoms with E-state index in [0.717, 1.165) is 0 Å². The molecular weight excluding hydrogens is 320 g/mol. The van der Waals surface area contributed by atoms with Crippen molar-refractivity contribution >= 4 is 17.5 Å². The van der Waals surface area contributed by atoms with Gasteiger partial charge in [0, 0.05) is 6.20 Å². The van der Waals surface area contributed by atoms with E-state index in [-0.39, 0.29) is 16.8 Å². The maximum absolute atomic E-state index is 12.4. The van der Waals surface area contributed by atoms with Gasteiger partial charge in [-0.15, -0.1) is 0 Å². The minimum Gasteiger partial charge on any atom is -0.477 e. The molecule has 0 aliphatic rings. The van der Waals surface area contributed by atoms with Crippen molar-refractivity contribution in [3.8, 4) is 5.88 Å². The lowest BCUT2D eigenvalue weighted by atomic mass is 10.0. The Kier molecular flexibility index (Phi) is 5.54. The number of ether oxygens (including phenoxy) is 1. The highest BCUT2D eigenvalue weighted by Gasteiger charge is 2.25. The highest BCUT2D eigenvalue weighted by Crippen LogP contribution is 2.24. The van der Waals surface area contributed by atoms with Crippen LogP contribution in [0.25, 0.3) is 0 Å². The van der Waals surface area contributed by atoms with Gasteiger partial charge in [0.2, 0.25) is 11.8 Å². The van der Waals surface area contributed by atoms with Gasteiger partial charge in [0.05, 0.1) is 12.2 Å². The lowest BCUT2D eigenvalue weighted by Gasteiger charge is -2.18. The van der Waals surface area contributed by atoms with Gasteiger partial charge in [-0.25, -0.2) is 4.98 Å². The van der Waals surface area contributed by atoms with Crippen molar-refractivity contribution in [1.29, 1.82) is 0 Å². The molecule has 0 spiro atoms. The van der Waals surface area contributed by atoms with Crippen LogP contribution < -0.4 is 10.1 Å². The van der Waals surface area contributed by atoms with Crippen LogP contribution >= 0.6 is 11.6 Å². The zero-order valence-corrected chi connectivity index (χ0v) is 14.2. The number of pyridine rings is 1. The van der Waals surface area contributed by atoms with Crippen LogP contribution in [-0.4, -0.2) is 27.6 Å². The lowest BCUT2D eigenvalue weighted by molar-refractivity contribution is 0.0913. The molecule has 8 heteroatoms. The number of rotatable bonds is 6. The van der Waals surface area contributed by atoms with E-state index in [0.29, 0.717) is 29.8 Å².